The molecule has 1 heterocycles. The molecule has 1 aromatic carbocycles. The second-order valence-corrected chi connectivity index (χ2v) is 5.14. The number of nitro benzene ring substituents is 1. The summed E-state index contributed by atoms with van der Waals surface area (Å²) < 4.78 is 0. The van der Waals surface area contributed by atoms with Crippen LogP contribution in [0.3, 0.4) is 0 Å². The Kier molecular flexibility index (Phi) is 3.57. The highest BCUT2D eigenvalue weighted by Gasteiger charge is 2.05. The minimum Gasteiger partial charge on any atom is -0.357 e. The zero-order valence-corrected chi connectivity index (χ0v) is 11.0. The molecule has 0 aliphatic carbocycles. The number of aryl methyl sites for hydroxylation is 2. The van der Waals surface area contributed by atoms with Crippen molar-refractivity contribution in [1.29, 1.82) is 0 Å². The zero-order valence-electron chi connectivity index (χ0n) is 10.1. The summed E-state index contributed by atoms with van der Waals surface area (Å²) in [4.78, 5) is 15.7. The largest absolute Gasteiger partial charge is 0.357 e. The lowest BCUT2D eigenvalue weighted by molar-refractivity contribution is -0.384. The van der Waals surface area contributed by atoms with Gasteiger partial charge in [0, 0.05) is 23.6 Å². The van der Waals surface area contributed by atoms with Crippen molar-refractivity contribution >= 4 is 22.2 Å². The summed E-state index contributed by atoms with van der Waals surface area (Å²) in [6.45, 7) is 4.62. The number of non-ortho nitro benzene ring substituents is 1. The Bertz CT molecular complexity index is 544. The van der Waals surface area contributed by atoms with Crippen LogP contribution in [-0.2, 0) is 6.54 Å². The lowest BCUT2D eigenvalue weighted by Crippen LogP contribution is -1.99. The number of nitrogens with zero attached hydrogens (tertiary/aromatic N) is 2. The van der Waals surface area contributed by atoms with E-state index in [4.69, 9.17) is 0 Å². The van der Waals surface area contributed by atoms with Gasteiger partial charge in [0.15, 0.2) is 5.13 Å². The first-order valence-electron chi connectivity index (χ1n) is 5.47. The maximum absolute atomic E-state index is 10.5. The van der Waals surface area contributed by atoms with Gasteiger partial charge < -0.3 is 5.32 Å². The molecular weight excluding hydrogens is 250 g/mol. The van der Waals surface area contributed by atoms with E-state index in [0.29, 0.717) is 6.54 Å². The molecule has 0 amide bonds. The molecule has 18 heavy (non-hydrogen) atoms. The molecule has 2 aromatic rings. The fraction of sp³-hybridized carbons (Fsp3) is 0.250. The van der Waals surface area contributed by atoms with Crippen LogP contribution < -0.4 is 5.32 Å². The van der Waals surface area contributed by atoms with E-state index in [1.807, 2.05) is 13.8 Å². The fourth-order valence-electron chi connectivity index (χ4n) is 1.46. The quantitative estimate of drug-likeness (QED) is 0.679. The molecule has 5 nitrogen and oxygen atoms in total. The van der Waals surface area contributed by atoms with Gasteiger partial charge in [0.25, 0.3) is 5.69 Å². The standard InChI is InChI=1S/C12H13N3O2S/c1-8-9(2)18-12(14-8)13-7-10-3-5-11(6-4-10)15(16)17/h3-6H,7H2,1-2H3,(H,13,14). The topological polar surface area (TPSA) is 68.1 Å². The molecule has 0 aliphatic rings. The number of hydrogen-bond donors (Lipinski definition) is 1. The van der Waals surface area contributed by atoms with Crippen LogP contribution in [0.2, 0.25) is 0 Å². The molecule has 0 aliphatic heterocycles. The van der Waals surface area contributed by atoms with Gasteiger partial charge in [-0.15, -0.1) is 11.3 Å². The third kappa shape index (κ3) is 2.84. The van der Waals surface area contributed by atoms with Gasteiger partial charge in [0.1, 0.15) is 0 Å². The molecule has 0 unspecified atom stereocenters. The Morgan fingerprint density at radius 1 is 1.33 bits per heavy atom. The van der Waals surface area contributed by atoms with Crippen LogP contribution in [0.1, 0.15) is 16.1 Å². The van der Waals surface area contributed by atoms with Crippen LogP contribution in [0.5, 0.6) is 0 Å². The maximum atomic E-state index is 10.5. The smallest absolute Gasteiger partial charge is 0.269 e. The number of benzene rings is 1. The van der Waals surface area contributed by atoms with Gasteiger partial charge in [-0.3, -0.25) is 10.1 Å². The molecule has 94 valence electrons. The first-order valence-corrected chi connectivity index (χ1v) is 6.29. The van der Waals surface area contributed by atoms with Crippen LogP contribution >= 0.6 is 11.3 Å². The zero-order chi connectivity index (χ0) is 13.1. The number of anilines is 1. The van der Waals surface area contributed by atoms with E-state index in [9.17, 15) is 10.1 Å². The van der Waals surface area contributed by atoms with Crippen LogP contribution in [0.15, 0.2) is 24.3 Å². The number of nitro groups is 1. The number of nitrogens with one attached hydrogen (secondary N) is 1. The average molecular weight is 263 g/mol. The van der Waals surface area contributed by atoms with Gasteiger partial charge in [0.05, 0.1) is 10.6 Å². The predicted molar refractivity (Wildman–Crippen MR) is 72.0 cm³/mol. The van der Waals surface area contributed by atoms with Crippen LogP contribution in [0.4, 0.5) is 10.8 Å². The highest BCUT2D eigenvalue weighted by Crippen LogP contribution is 2.22. The molecule has 0 atom stereocenters. The van der Waals surface area contributed by atoms with Crippen LogP contribution in [-0.4, -0.2) is 9.91 Å². The van der Waals surface area contributed by atoms with Crippen molar-refractivity contribution in [3.8, 4) is 0 Å². The van der Waals surface area contributed by atoms with E-state index >= 15 is 0 Å². The lowest BCUT2D eigenvalue weighted by atomic mass is 10.2. The van der Waals surface area contributed by atoms with E-state index in [2.05, 4.69) is 10.3 Å². The molecule has 0 saturated carbocycles. The Labute approximate surface area is 109 Å². The third-order valence-electron chi connectivity index (χ3n) is 2.62. The van der Waals surface area contributed by atoms with E-state index in [1.54, 1.807) is 23.5 Å². The molecule has 6 heteroatoms. The molecular formula is C12H13N3O2S. The van der Waals surface area contributed by atoms with Crippen molar-refractivity contribution < 1.29 is 4.92 Å². The second kappa shape index (κ2) is 5.14. The molecule has 1 aromatic heterocycles. The Morgan fingerprint density at radius 2 is 2.00 bits per heavy atom. The van der Waals surface area contributed by atoms with Gasteiger partial charge in [0.2, 0.25) is 0 Å². The first kappa shape index (κ1) is 12.5. The second-order valence-electron chi connectivity index (χ2n) is 3.94. The molecule has 2 rings (SSSR count). The summed E-state index contributed by atoms with van der Waals surface area (Å²) in [7, 11) is 0. The number of hydrogen-bond acceptors (Lipinski definition) is 5. The molecule has 0 fully saturated rings. The van der Waals surface area contributed by atoms with Crippen LogP contribution in [0.25, 0.3) is 0 Å². The molecule has 1 N–H and O–H groups in total. The summed E-state index contributed by atoms with van der Waals surface area (Å²) in [5.74, 6) is 0. The van der Waals surface area contributed by atoms with E-state index in [0.717, 1.165) is 16.4 Å². The van der Waals surface area contributed by atoms with Crippen molar-refractivity contribution in [2.24, 2.45) is 0 Å². The minimum atomic E-state index is -0.398. The summed E-state index contributed by atoms with van der Waals surface area (Å²) in [5, 5.41) is 14.6. The SMILES string of the molecule is Cc1nc(NCc2ccc([N+](=O)[O-])cc2)sc1C. The fourth-order valence-corrected chi connectivity index (χ4v) is 2.27. The maximum Gasteiger partial charge on any atom is 0.269 e. The molecule has 0 spiro atoms. The van der Waals surface area contributed by atoms with Gasteiger partial charge >= 0.3 is 0 Å². The van der Waals surface area contributed by atoms with E-state index in [1.165, 1.54) is 17.0 Å². The summed E-state index contributed by atoms with van der Waals surface area (Å²) in [6, 6.07) is 6.52. The molecule has 0 saturated heterocycles. The number of thiazole rings is 1. The summed E-state index contributed by atoms with van der Waals surface area (Å²) in [6.07, 6.45) is 0. The van der Waals surface area contributed by atoms with Crippen molar-refractivity contribution in [3.63, 3.8) is 0 Å². The lowest BCUT2D eigenvalue weighted by Gasteiger charge is -2.02. The van der Waals surface area contributed by atoms with Gasteiger partial charge in [-0.25, -0.2) is 4.98 Å². The summed E-state index contributed by atoms with van der Waals surface area (Å²) in [5.41, 5.74) is 2.14. The predicted octanol–water partition coefficient (Wildman–Crippen LogP) is 3.28. The van der Waals surface area contributed by atoms with Crippen LogP contribution in [0, 0.1) is 24.0 Å². The van der Waals surface area contributed by atoms with Crippen molar-refractivity contribution in [2.75, 3.05) is 5.32 Å². The van der Waals surface area contributed by atoms with Gasteiger partial charge in [-0.05, 0) is 19.4 Å². The Morgan fingerprint density at radius 3 is 2.50 bits per heavy atom. The monoisotopic (exact) mass is 263 g/mol. The summed E-state index contributed by atoms with van der Waals surface area (Å²) >= 11 is 1.61. The molecule has 0 bridgehead atoms. The minimum absolute atomic E-state index is 0.111. The van der Waals surface area contributed by atoms with Crippen molar-refractivity contribution in [3.05, 3.63) is 50.5 Å². The highest BCUT2D eigenvalue weighted by molar-refractivity contribution is 7.15. The van der Waals surface area contributed by atoms with E-state index in [-0.39, 0.29) is 5.69 Å². The third-order valence-corrected chi connectivity index (χ3v) is 3.65. The highest BCUT2D eigenvalue weighted by atomic mass is 32.1. The number of rotatable bonds is 4. The first-order chi connectivity index (χ1) is 8.56. The number of aromatic nitrogens is 1. The average Bonchev–Trinajstić information content (AvgIpc) is 2.67. The van der Waals surface area contributed by atoms with Crippen molar-refractivity contribution in [2.45, 2.75) is 20.4 Å². The van der Waals surface area contributed by atoms with E-state index < -0.39 is 4.92 Å². The van der Waals surface area contributed by atoms with Gasteiger partial charge in [-0.1, -0.05) is 12.1 Å². The molecule has 0 radical (unpaired) electrons. The van der Waals surface area contributed by atoms with Gasteiger partial charge in [-0.2, -0.15) is 0 Å². The Balaban J connectivity index is 2.00. The normalized spacial score (nSPS) is 10.3. The van der Waals surface area contributed by atoms with Crippen molar-refractivity contribution in [1.82, 2.24) is 4.98 Å². The Hall–Kier alpha value is -1.95.